The first kappa shape index (κ1) is 18.8. The molecule has 136 valence electrons. The van der Waals surface area contributed by atoms with Crippen LogP contribution < -0.4 is 5.32 Å². The Balaban J connectivity index is 2.19. The van der Waals surface area contributed by atoms with E-state index in [1.807, 2.05) is 11.6 Å². The van der Waals surface area contributed by atoms with Crippen molar-refractivity contribution in [2.45, 2.75) is 6.04 Å². The highest BCUT2D eigenvalue weighted by atomic mass is 79.9. The minimum atomic E-state index is -0.669. The number of imidazole rings is 1. The number of rotatable bonds is 4. The number of carbonyl (C=O) groups is 1. The third-order valence-electron chi connectivity index (χ3n) is 3.96. The maximum atomic E-state index is 13.5. The van der Waals surface area contributed by atoms with Gasteiger partial charge in [-0.2, -0.15) is 0 Å². The Kier molecular flexibility index (Phi) is 5.57. The van der Waals surface area contributed by atoms with Gasteiger partial charge in [0.2, 0.25) is 0 Å². The smallest absolute Gasteiger partial charge is 0.338 e. The molecule has 0 saturated carbocycles. The summed E-state index contributed by atoms with van der Waals surface area (Å²) in [6.45, 7) is 0. The lowest BCUT2D eigenvalue weighted by molar-refractivity contribution is -0.136. The van der Waals surface area contributed by atoms with Gasteiger partial charge in [-0.1, -0.05) is 37.9 Å². The van der Waals surface area contributed by atoms with Crippen LogP contribution in [0.3, 0.4) is 0 Å². The monoisotopic (exact) mass is 484 g/mol. The van der Waals surface area contributed by atoms with Crippen molar-refractivity contribution in [2.75, 3.05) is 12.4 Å². The van der Waals surface area contributed by atoms with Crippen LogP contribution in [0.2, 0.25) is 0 Å². The lowest BCUT2D eigenvalue weighted by atomic mass is 9.96. The molecule has 0 aliphatic carbocycles. The SMILES string of the molecule is COC(=O)C1=C(CBr)NC(c2nccn2C)=NC1c1ccc(F)cc1Br. The Morgan fingerprint density at radius 2 is 2.23 bits per heavy atom. The van der Waals surface area contributed by atoms with Gasteiger partial charge in [0.05, 0.1) is 12.7 Å². The molecule has 1 aliphatic rings. The molecule has 0 saturated heterocycles. The van der Waals surface area contributed by atoms with E-state index in [0.29, 0.717) is 38.3 Å². The van der Waals surface area contributed by atoms with Crippen LogP contribution in [0.4, 0.5) is 4.39 Å². The van der Waals surface area contributed by atoms with E-state index >= 15 is 0 Å². The van der Waals surface area contributed by atoms with Gasteiger partial charge in [-0.3, -0.25) is 4.99 Å². The predicted octanol–water partition coefficient (Wildman–Crippen LogP) is 3.23. The van der Waals surface area contributed by atoms with Crippen LogP contribution in [-0.4, -0.2) is 33.8 Å². The number of alkyl halides is 1. The molecule has 2 heterocycles. The Morgan fingerprint density at radius 1 is 1.46 bits per heavy atom. The fourth-order valence-electron chi connectivity index (χ4n) is 2.71. The molecule has 26 heavy (non-hydrogen) atoms. The molecule has 0 bridgehead atoms. The highest BCUT2D eigenvalue weighted by molar-refractivity contribution is 9.10. The number of hydrogen-bond donors (Lipinski definition) is 1. The van der Waals surface area contributed by atoms with Crippen LogP contribution in [0, 0.1) is 5.82 Å². The number of methoxy groups -OCH3 is 1. The molecule has 0 amide bonds. The number of carbonyl (C=O) groups excluding carboxylic acids is 1. The molecule has 1 unspecified atom stereocenters. The van der Waals surface area contributed by atoms with Crippen molar-refractivity contribution in [3.8, 4) is 0 Å². The van der Waals surface area contributed by atoms with Crippen molar-refractivity contribution in [1.29, 1.82) is 0 Å². The summed E-state index contributed by atoms with van der Waals surface area (Å²) >= 11 is 6.78. The Hall–Kier alpha value is -2.00. The van der Waals surface area contributed by atoms with Crippen LogP contribution in [0.1, 0.15) is 17.4 Å². The van der Waals surface area contributed by atoms with Crippen molar-refractivity contribution >= 4 is 43.7 Å². The number of halogens is 3. The third-order valence-corrected chi connectivity index (χ3v) is 5.20. The van der Waals surface area contributed by atoms with Gasteiger partial charge in [0, 0.05) is 34.9 Å². The van der Waals surface area contributed by atoms with E-state index in [1.54, 1.807) is 18.5 Å². The molecule has 1 aromatic carbocycles. The molecular weight excluding hydrogens is 471 g/mol. The minimum absolute atomic E-state index is 0.356. The van der Waals surface area contributed by atoms with E-state index < -0.39 is 12.0 Å². The first-order chi connectivity index (χ1) is 12.5. The number of allylic oxidation sites excluding steroid dienone is 1. The van der Waals surface area contributed by atoms with Crippen LogP contribution in [-0.2, 0) is 16.6 Å². The number of nitrogens with one attached hydrogen (secondary N) is 1. The van der Waals surface area contributed by atoms with Crippen molar-refractivity contribution in [2.24, 2.45) is 12.0 Å². The second kappa shape index (κ2) is 7.71. The number of nitrogens with zero attached hydrogens (tertiary/aromatic N) is 3. The number of aryl methyl sites for hydroxylation is 1. The summed E-state index contributed by atoms with van der Waals surface area (Å²) in [7, 11) is 3.17. The molecule has 0 fully saturated rings. The van der Waals surface area contributed by atoms with Gasteiger partial charge in [0.1, 0.15) is 11.9 Å². The average Bonchev–Trinajstić information content (AvgIpc) is 3.06. The minimum Gasteiger partial charge on any atom is -0.466 e. The molecule has 0 spiro atoms. The molecule has 1 aliphatic heterocycles. The zero-order chi connectivity index (χ0) is 18.8. The number of benzene rings is 1. The molecule has 6 nitrogen and oxygen atoms in total. The van der Waals surface area contributed by atoms with Crippen LogP contribution in [0.15, 0.2) is 51.3 Å². The predicted molar refractivity (Wildman–Crippen MR) is 103 cm³/mol. The van der Waals surface area contributed by atoms with Crippen molar-refractivity contribution in [3.63, 3.8) is 0 Å². The zero-order valence-corrected chi connectivity index (χ0v) is 17.1. The highest BCUT2D eigenvalue weighted by Gasteiger charge is 2.33. The van der Waals surface area contributed by atoms with Crippen molar-refractivity contribution in [1.82, 2.24) is 14.9 Å². The van der Waals surface area contributed by atoms with E-state index in [2.05, 4.69) is 47.2 Å². The number of aliphatic imine (C=N–C) groups is 1. The van der Waals surface area contributed by atoms with Crippen molar-refractivity contribution in [3.05, 3.63) is 63.5 Å². The van der Waals surface area contributed by atoms with Crippen molar-refractivity contribution < 1.29 is 13.9 Å². The van der Waals surface area contributed by atoms with Gasteiger partial charge >= 0.3 is 5.97 Å². The molecule has 2 aromatic rings. The van der Waals surface area contributed by atoms with Gasteiger partial charge in [0.15, 0.2) is 11.7 Å². The number of aromatic nitrogens is 2. The van der Waals surface area contributed by atoms with Crippen LogP contribution >= 0.6 is 31.9 Å². The fraction of sp³-hybridized carbons (Fsp3) is 0.235. The molecular formula is C17H15Br2FN4O2. The van der Waals surface area contributed by atoms with E-state index in [4.69, 9.17) is 4.74 Å². The topological polar surface area (TPSA) is 68.5 Å². The number of hydrogen-bond acceptors (Lipinski definition) is 5. The maximum absolute atomic E-state index is 13.5. The lowest BCUT2D eigenvalue weighted by Gasteiger charge is -2.27. The van der Waals surface area contributed by atoms with E-state index in [0.717, 1.165) is 0 Å². The van der Waals surface area contributed by atoms with E-state index in [9.17, 15) is 9.18 Å². The van der Waals surface area contributed by atoms with Gasteiger partial charge in [-0.25, -0.2) is 14.2 Å². The summed E-state index contributed by atoms with van der Waals surface area (Å²) < 4.78 is 20.8. The summed E-state index contributed by atoms with van der Waals surface area (Å²) in [6, 6.07) is 3.61. The Morgan fingerprint density at radius 3 is 2.81 bits per heavy atom. The normalized spacial score (nSPS) is 17.0. The van der Waals surface area contributed by atoms with Crippen LogP contribution in [0.25, 0.3) is 0 Å². The second-order valence-electron chi connectivity index (χ2n) is 5.55. The van der Waals surface area contributed by atoms with Crippen LogP contribution in [0.5, 0.6) is 0 Å². The quantitative estimate of drug-likeness (QED) is 0.533. The number of amidine groups is 1. The second-order valence-corrected chi connectivity index (χ2v) is 6.97. The summed E-state index contributed by atoms with van der Waals surface area (Å²) in [5.41, 5.74) is 1.62. The largest absolute Gasteiger partial charge is 0.466 e. The molecule has 1 N–H and O–H groups in total. The molecule has 1 atom stereocenters. The van der Waals surface area contributed by atoms with Gasteiger partial charge < -0.3 is 14.6 Å². The summed E-state index contributed by atoms with van der Waals surface area (Å²) in [4.78, 5) is 21.4. The summed E-state index contributed by atoms with van der Waals surface area (Å²) in [5, 5.41) is 3.54. The summed E-state index contributed by atoms with van der Waals surface area (Å²) in [6.07, 6.45) is 3.46. The Labute approximate surface area is 166 Å². The Bertz CT molecular complexity index is 923. The van der Waals surface area contributed by atoms with Gasteiger partial charge in [0.25, 0.3) is 0 Å². The molecule has 9 heteroatoms. The van der Waals surface area contributed by atoms with Gasteiger partial charge in [-0.05, 0) is 17.7 Å². The number of ether oxygens (including phenoxy) is 1. The molecule has 3 rings (SSSR count). The number of esters is 1. The zero-order valence-electron chi connectivity index (χ0n) is 14.0. The molecule has 1 aromatic heterocycles. The first-order valence-electron chi connectivity index (χ1n) is 7.61. The van der Waals surface area contributed by atoms with E-state index in [-0.39, 0.29) is 5.82 Å². The summed E-state index contributed by atoms with van der Waals surface area (Å²) in [5.74, 6) is 0.249. The standard InChI is InChI=1S/C17H15Br2FN4O2/c1-24-6-5-21-16(24)15-22-12(8-18)13(17(25)26-2)14(23-15)10-4-3-9(20)7-11(10)19/h3-7,14H,8H2,1-2H3,(H,22,23). The fourth-order valence-corrected chi connectivity index (χ4v) is 3.72. The van der Waals surface area contributed by atoms with E-state index in [1.165, 1.54) is 19.2 Å². The first-order valence-corrected chi connectivity index (χ1v) is 9.52. The maximum Gasteiger partial charge on any atom is 0.338 e. The third kappa shape index (κ3) is 3.45. The molecule has 0 radical (unpaired) electrons. The lowest BCUT2D eigenvalue weighted by Crippen LogP contribution is -2.35. The average molecular weight is 486 g/mol. The highest BCUT2D eigenvalue weighted by Crippen LogP contribution is 2.36. The van der Waals surface area contributed by atoms with Gasteiger partial charge in [-0.15, -0.1) is 0 Å².